The summed E-state index contributed by atoms with van der Waals surface area (Å²) < 4.78 is 4.83. The third-order valence-corrected chi connectivity index (χ3v) is 10.1. The van der Waals surface area contributed by atoms with Gasteiger partial charge in [-0.05, 0) is 93.7 Å². The molecule has 1 aliphatic carbocycles. The molecule has 2 amide bonds. The molecular formula is C36H48N4O10. The zero-order valence-electron chi connectivity index (χ0n) is 28.8. The number of primary amides is 1. The molecule has 0 saturated carbocycles. The van der Waals surface area contributed by atoms with Crippen LogP contribution in [0, 0.1) is 17.8 Å². The van der Waals surface area contributed by atoms with Crippen LogP contribution in [0.3, 0.4) is 0 Å². The van der Waals surface area contributed by atoms with Crippen molar-refractivity contribution in [2.45, 2.75) is 50.2 Å². The molecule has 0 aromatic heterocycles. The molecule has 4 atom stereocenters. The van der Waals surface area contributed by atoms with Gasteiger partial charge in [-0.15, -0.1) is 0 Å². The molecule has 1 heterocycles. The number of amides is 2. The lowest BCUT2D eigenvalue weighted by molar-refractivity contribution is -0.157. The van der Waals surface area contributed by atoms with Crippen molar-refractivity contribution >= 4 is 35.0 Å². The minimum absolute atomic E-state index is 0.0244. The number of carbonyl (C=O) groups is 5. The van der Waals surface area contributed by atoms with Gasteiger partial charge in [0.15, 0.2) is 17.2 Å². The van der Waals surface area contributed by atoms with Crippen molar-refractivity contribution in [1.82, 2.24) is 9.80 Å². The van der Waals surface area contributed by atoms with Gasteiger partial charge < -0.3 is 41.1 Å². The first kappa shape index (κ1) is 38.6. The maximum absolute atomic E-state index is 13.5. The zero-order valence-corrected chi connectivity index (χ0v) is 28.8. The standard InChI is InChI=1S/C36H48N4O10/c1-39(2)28(19-41)27(36(49,20-42)31(45)17-32(37)46)15-21-14-26-25(8-9-29(43)34(26)30(44)16-21)22-4-6-24(7-5-22)38-33(47)18-40-12-10-23(11-13-40)35(48)50-3/h4-9,21,23,27-28,41-43,49H,10-20H2,1-3H3,(H2,37,46)(H,38,47)/t21-,27-,28?,36+/m0/s1. The summed E-state index contributed by atoms with van der Waals surface area (Å²) in [5.41, 5.74) is 5.51. The quantitative estimate of drug-likeness (QED) is 0.112. The lowest BCUT2D eigenvalue weighted by Gasteiger charge is -2.42. The predicted molar refractivity (Wildman–Crippen MR) is 183 cm³/mol. The van der Waals surface area contributed by atoms with E-state index in [9.17, 15) is 44.4 Å². The van der Waals surface area contributed by atoms with E-state index in [4.69, 9.17) is 10.5 Å². The minimum Gasteiger partial charge on any atom is -0.507 e. The highest BCUT2D eigenvalue weighted by Crippen LogP contribution is 2.42. The van der Waals surface area contributed by atoms with Crippen LogP contribution in [-0.2, 0) is 30.3 Å². The maximum atomic E-state index is 13.5. The molecule has 1 fully saturated rings. The molecule has 4 rings (SSSR count). The Balaban J connectivity index is 1.54. The highest BCUT2D eigenvalue weighted by atomic mass is 16.5. The molecule has 0 spiro atoms. The number of anilines is 1. The summed E-state index contributed by atoms with van der Waals surface area (Å²) in [5, 5.41) is 45.7. The average molecular weight is 697 g/mol. The van der Waals surface area contributed by atoms with Crippen LogP contribution in [0.4, 0.5) is 5.69 Å². The number of nitrogens with zero attached hydrogens (tertiary/aromatic N) is 2. The first-order chi connectivity index (χ1) is 23.7. The molecule has 1 saturated heterocycles. The number of piperidine rings is 1. The van der Waals surface area contributed by atoms with E-state index >= 15 is 0 Å². The number of Topliss-reactive ketones (excluding diaryl/α,β-unsaturated/α-hetero) is 2. The van der Waals surface area contributed by atoms with E-state index in [0.29, 0.717) is 42.7 Å². The molecule has 2 aromatic rings. The topological polar surface area (TPSA) is 220 Å². The van der Waals surface area contributed by atoms with Crippen LogP contribution >= 0.6 is 0 Å². The number of nitrogens with one attached hydrogen (secondary N) is 1. The molecule has 0 radical (unpaired) electrons. The molecule has 14 heteroatoms. The monoisotopic (exact) mass is 696 g/mol. The van der Waals surface area contributed by atoms with E-state index in [-0.39, 0.29) is 60.7 Å². The molecule has 1 unspecified atom stereocenters. The molecule has 1 aliphatic heterocycles. The number of phenols is 1. The zero-order chi connectivity index (χ0) is 36.7. The number of likely N-dealkylation sites (tertiary alicyclic amines) is 1. The lowest BCUT2D eigenvalue weighted by Crippen LogP contribution is -2.58. The third kappa shape index (κ3) is 8.74. The van der Waals surface area contributed by atoms with Gasteiger partial charge in [-0.3, -0.25) is 28.9 Å². The molecule has 272 valence electrons. The van der Waals surface area contributed by atoms with Crippen molar-refractivity contribution < 1.29 is 49.1 Å². The van der Waals surface area contributed by atoms with E-state index < -0.39 is 54.8 Å². The summed E-state index contributed by atoms with van der Waals surface area (Å²) in [7, 11) is 4.66. The number of phenolic OH excluding ortho intramolecular Hbond substituents is 1. The third-order valence-electron chi connectivity index (χ3n) is 10.1. The number of aromatic hydroxyl groups is 1. The molecule has 50 heavy (non-hydrogen) atoms. The summed E-state index contributed by atoms with van der Waals surface area (Å²) in [6, 6.07) is 9.40. The number of esters is 1. The second-order valence-electron chi connectivity index (χ2n) is 13.6. The predicted octanol–water partition coefficient (Wildman–Crippen LogP) is 0.725. The Morgan fingerprint density at radius 3 is 2.28 bits per heavy atom. The number of benzene rings is 2. The van der Waals surface area contributed by atoms with E-state index in [1.165, 1.54) is 13.2 Å². The number of nitrogens with two attached hydrogens (primary N) is 1. The van der Waals surface area contributed by atoms with Gasteiger partial charge >= 0.3 is 5.97 Å². The van der Waals surface area contributed by atoms with E-state index in [0.717, 1.165) is 5.56 Å². The Morgan fingerprint density at radius 2 is 1.72 bits per heavy atom. The first-order valence-corrected chi connectivity index (χ1v) is 16.7. The molecule has 2 aliphatic rings. The van der Waals surface area contributed by atoms with E-state index in [1.54, 1.807) is 49.3 Å². The van der Waals surface area contributed by atoms with Crippen LogP contribution in [0.25, 0.3) is 11.1 Å². The van der Waals surface area contributed by atoms with Crippen LogP contribution in [0.15, 0.2) is 36.4 Å². The van der Waals surface area contributed by atoms with Crippen LogP contribution in [0.2, 0.25) is 0 Å². The van der Waals surface area contributed by atoms with Gasteiger partial charge in [0.1, 0.15) is 5.75 Å². The van der Waals surface area contributed by atoms with Gasteiger partial charge in [0, 0.05) is 24.1 Å². The summed E-state index contributed by atoms with van der Waals surface area (Å²) >= 11 is 0. The van der Waals surface area contributed by atoms with Crippen molar-refractivity contribution in [3.8, 4) is 16.9 Å². The largest absolute Gasteiger partial charge is 0.507 e. The van der Waals surface area contributed by atoms with Crippen molar-refractivity contribution in [1.29, 1.82) is 0 Å². The van der Waals surface area contributed by atoms with Gasteiger partial charge in [-0.25, -0.2) is 0 Å². The summed E-state index contributed by atoms with van der Waals surface area (Å²) in [6.07, 6.45) is 0.713. The van der Waals surface area contributed by atoms with Crippen LogP contribution in [-0.4, -0.2) is 125 Å². The molecular weight excluding hydrogens is 648 g/mol. The number of likely N-dealkylation sites (N-methyl/N-ethyl adjacent to an activating group) is 1. The SMILES string of the molecule is COC(=O)C1CCN(CC(=O)Nc2ccc(-c3ccc(O)c4c3C[C@@H](C[C@@H](C(CO)N(C)C)[C@](O)(CO)C(=O)CC(N)=O)CC4=O)cc2)CC1. The van der Waals surface area contributed by atoms with Gasteiger partial charge in [0.25, 0.3) is 0 Å². The van der Waals surface area contributed by atoms with Gasteiger partial charge in [0.2, 0.25) is 11.8 Å². The second-order valence-corrected chi connectivity index (χ2v) is 13.6. The Bertz CT molecular complexity index is 1570. The average Bonchev–Trinajstić information content (AvgIpc) is 3.07. The van der Waals surface area contributed by atoms with Crippen molar-refractivity contribution in [2.24, 2.45) is 23.5 Å². The highest BCUT2D eigenvalue weighted by Gasteiger charge is 2.49. The summed E-state index contributed by atoms with van der Waals surface area (Å²) in [6.45, 7) is -0.108. The number of ether oxygens (including phenoxy) is 1. The maximum Gasteiger partial charge on any atom is 0.308 e. The van der Waals surface area contributed by atoms with E-state index in [2.05, 4.69) is 5.32 Å². The Morgan fingerprint density at radius 1 is 1.06 bits per heavy atom. The number of aliphatic hydroxyl groups is 3. The number of carbonyl (C=O) groups excluding carboxylic acids is 5. The fourth-order valence-corrected chi connectivity index (χ4v) is 7.35. The normalized spacial score (nSPS) is 19.3. The van der Waals surface area contributed by atoms with Crippen LogP contribution in [0.5, 0.6) is 5.75 Å². The number of methoxy groups -OCH3 is 1. The fourth-order valence-electron chi connectivity index (χ4n) is 7.35. The number of ketones is 2. The summed E-state index contributed by atoms with van der Waals surface area (Å²) in [5.74, 6) is -4.59. The molecule has 14 nitrogen and oxygen atoms in total. The van der Waals surface area contributed by atoms with E-state index in [1.807, 2.05) is 4.90 Å². The number of aliphatic hydroxyl groups excluding tert-OH is 2. The lowest BCUT2D eigenvalue weighted by atomic mass is 9.69. The van der Waals surface area contributed by atoms with Crippen LogP contribution < -0.4 is 11.1 Å². The highest BCUT2D eigenvalue weighted by molar-refractivity contribution is 6.03. The molecule has 2 aromatic carbocycles. The number of fused-ring (bicyclic) bond motifs is 1. The second kappa shape index (κ2) is 16.7. The van der Waals surface area contributed by atoms with Gasteiger partial charge in [-0.2, -0.15) is 0 Å². The molecule has 7 N–H and O–H groups in total. The summed E-state index contributed by atoms with van der Waals surface area (Å²) in [4.78, 5) is 66.3. The molecule has 0 bridgehead atoms. The Kier molecular flexibility index (Phi) is 12.9. The van der Waals surface area contributed by atoms with Gasteiger partial charge in [-0.1, -0.05) is 18.2 Å². The van der Waals surface area contributed by atoms with Crippen molar-refractivity contribution in [3.05, 3.63) is 47.5 Å². The Labute approximate surface area is 291 Å². The van der Waals surface area contributed by atoms with Gasteiger partial charge in [0.05, 0.1) is 44.8 Å². The van der Waals surface area contributed by atoms with Crippen molar-refractivity contribution in [2.75, 3.05) is 59.4 Å². The van der Waals surface area contributed by atoms with Crippen LogP contribution in [0.1, 0.15) is 48.0 Å². The smallest absolute Gasteiger partial charge is 0.308 e. The van der Waals surface area contributed by atoms with Crippen molar-refractivity contribution in [3.63, 3.8) is 0 Å². The number of hydrogen-bond donors (Lipinski definition) is 6. The fraction of sp³-hybridized carbons (Fsp3) is 0.528. The number of rotatable bonds is 15. The number of hydrogen-bond acceptors (Lipinski definition) is 12. The Hall–Kier alpha value is -4.21. The first-order valence-electron chi connectivity index (χ1n) is 16.7. The minimum atomic E-state index is -2.42.